The number of benzene rings is 3. The van der Waals surface area contributed by atoms with Gasteiger partial charge < -0.3 is 5.73 Å². The van der Waals surface area contributed by atoms with Crippen LogP contribution in [-0.2, 0) is 0 Å². The molecule has 1 aromatic heterocycles. The fourth-order valence-electron chi connectivity index (χ4n) is 3.26. The topological polar surface area (TPSA) is 48.0 Å². The molecule has 3 nitrogen and oxygen atoms in total. The van der Waals surface area contributed by atoms with E-state index in [0.29, 0.717) is 10.4 Å². The van der Waals surface area contributed by atoms with Crippen molar-refractivity contribution in [2.24, 2.45) is 5.73 Å². The quantitative estimate of drug-likeness (QED) is 0.564. The molecule has 0 fully saturated rings. The highest BCUT2D eigenvalue weighted by atomic mass is 35.5. The van der Waals surface area contributed by atoms with Gasteiger partial charge in [-0.25, -0.2) is 0 Å². The third-order valence-corrected chi connectivity index (χ3v) is 4.80. The average molecular weight is 349 g/mol. The molecule has 2 N–H and O–H groups in total. The van der Waals surface area contributed by atoms with Gasteiger partial charge in [-0.15, -0.1) is 0 Å². The first-order valence-electron chi connectivity index (χ1n) is 8.15. The number of pyridine rings is 1. The summed E-state index contributed by atoms with van der Waals surface area (Å²) >= 11 is 6.30. The molecule has 4 heteroatoms. The maximum atomic E-state index is 13.2. The van der Waals surface area contributed by atoms with Crippen molar-refractivity contribution in [3.63, 3.8) is 0 Å². The monoisotopic (exact) mass is 348 g/mol. The van der Waals surface area contributed by atoms with Gasteiger partial charge in [0.2, 0.25) is 0 Å². The maximum Gasteiger partial charge on any atom is 0.264 e. The highest BCUT2D eigenvalue weighted by Crippen LogP contribution is 2.26. The van der Waals surface area contributed by atoms with Gasteiger partial charge in [0.25, 0.3) is 5.56 Å². The number of fused-ring (bicyclic) bond motifs is 2. The lowest BCUT2D eigenvalue weighted by Gasteiger charge is -2.18. The first-order valence-corrected chi connectivity index (χ1v) is 8.53. The second-order valence-electron chi connectivity index (χ2n) is 6.23. The van der Waals surface area contributed by atoms with Gasteiger partial charge in [-0.3, -0.25) is 9.36 Å². The smallest absolute Gasteiger partial charge is 0.264 e. The number of aromatic nitrogens is 1. The number of rotatable bonds is 2. The van der Waals surface area contributed by atoms with Crippen LogP contribution in [0.4, 0.5) is 0 Å². The van der Waals surface area contributed by atoms with E-state index in [1.54, 1.807) is 10.6 Å². The molecule has 0 aliphatic carbocycles. The van der Waals surface area contributed by atoms with Crippen LogP contribution < -0.4 is 11.3 Å². The van der Waals surface area contributed by atoms with Crippen LogP contribution in [-0.4, -0.2) is 4.57 Å². The van der Waals surface area contributed by atoms with E-state index in [-0.39, 0.29) is 11.6 Å². The fourth-order valence-corrected chi connectivity index (χ4v) is 3.52. The number of halogens is 1. The third-order valence-electron chi connectivity index (χ3n) is 4.48. The average Bonchev–Trinajstić information content (AvgIpc) is 2.61. The molecule has 3 aromatic carbocycles. The van der Waals surface area contributed by atoms with Gasteiger partial charge in [0.1, 0.15) is 0 Å². The molecule has 4 rings (SSSR count). The molecule has 124 valence electrons. The second-order valence-corrected chi connectivity index (χ2v) is 6.64. The van der Waals surface area contributed by atoms with Gasteiger partial charge in [-0.1, -0.05) is 54.1 Å². The van der Waals surface area contributed by atoms with Gasteiger partial charge in [0, 0.05) is 17.4 Å². The standard InChI is InChI=1S/C21H17ClN2O/c1-13(23)19-12-16-7-4-8-18(22)20(16)21(25)24(19)17-10-9-14-5-2-3-6-15(14)11-17/h2-13H,23H2,1H3. The summed E-state index contributed by atoms with van der Waals surface area (Å²) in [5.74, 6) is 0. The molecule has 0 amide bonds. The van der Waals surface area contributed by atoms with E-state index in [4.69, 9.17) is 17.3 Å². The van der Waals surface area contributed by atoms with Crippen molar-refractivity contribution in [1.82, 2.24) is 4.57 Å². The Morgan fingerprint density at radius 3 is 2.40 bits per heavy atom. The number of hydrogen-bond acceptors (Lipinski definition) is 2. The van der Waals surface area contributed by atoms with Crippen LogP contribution in [0.1, 0.15) is 18.7 Å². The van der Waals surface area contributed by atoms with Crippen LogP contribution in [0.25, 0.3) is 27.2 Å². The van der Waals surface area contributed by atoms with Crippen LogP contribution >= 0.6 is 11.6 Å². The van der Waals surface area contributed by atoms with E-state index in [1.165, 1.54) is 0 Å². The van der Waals surface area contributed by atoms with E-state index in [0.717, 1.165) is 27.5 Å². The predicted octanol–water partition coefficient (Wildman–Crippen LogP) is 4.82. The van der Waals surface area contributed by atoms with Gasteiger partial charge in [-0.05, 0) is 47.3 Å². The van der Waals surface area contributed by atoms with Crippen molar-refractivity contribution in [2.75, 3.05) is 0 Å². The van der Waals surface area contributed by atoms with Gasteiger partial charge >= 0.3 is 0 Å². The summed E-state index contributed by atoms with van der Waals surface area (Å²) < 4.78 is 1.67. The van der Waals surface area contributed by atoms with Crippen molar-refractivity contribution >= 4 is 33.1 Å². The van der Waals surface area contributed by atoms with E-state index < -0.39 is 0 Å². The number of nitrogens with two attached hydrogens (primary N) is 1. The van der Waals surface area contributed by atoms with Gasteiger partial charge in [0.15, 0.2) is 0 Å². The Hall–Kier alpha value is -2.62. The molecule has 1 atom stereocenters. The minimum absolute atomic E-state index is 0.148. The highest BCUT2D eigenvalue weighted by Gasteiger charge is 2.15. The largest absolute Gasteiger partial charge is 0.323 e. The first-order chi connectivity index (χ1) is 12.1. The molecule has 0 saturated heterocycles. The maximum absolute atomic E-state index is 13.2. The van der Waals surface area contributed by atoms with Gasteiger partial charge in [-0.2, -0.15) is 0 Å². The minimum atomic E-state index is -0.289. The van der Waals surface area contributed by atoms with Crippen LogP contribution in [0.2, 0.25) is 5.02 Å². The molecular formula is C21H17ClN2O. The minimum Gasteiger partial charge on any atom is -0.323 e. The Morgan fingerprint density at radius 1 is 0.920 bits per heavy atom. The summed E-state index contributed by atoms with van der Waals surface area (Å²) in [6.45, 7) is 1.88. The molecule has 0 spiro atoms. The van der Waals surface area contributed by atoms with E-state index in [1.807, 2.05) is 67.6 Å². The van der Waals surface area contributed by atoms with E-state index >= 15 is 0 Å². The van der Waals surface area contributed by atoms with E-state index in [2.05, 4.69) is 0 Å². The lowest BCUT2D eigenvalue weighted by atomic mass is 10.1. The fraction of sp³-hybridized carbons (Fsp3) is 0.0952. The van der Waals surface area contributed by atoms with Crippen molar-refractivity contribution < 1.29 is 0 Å². The molecule has 1 heterocycles. The number of hydrogen-bond donors (Lipinski definition) is 1. The van der Waals surface area contributed by atoms with Crippen LogP contribution in [0, 0.1) is 0 Å². The molecule has 0 radical (unpaired) electrons. The van der Waals surface area contributed by atoms with Gasteiger partial charge in [0.05, 0.1) is 10.4 Å². The zero-order valence-corrected chi connectivity index (χ0v) is 14.5. The molecule has 0 bridgehead atoms. The molecule has 0 saturated carbocycles. The summed E-state index contributed by atoms with van der Waals surface area (Å²) in [5, 5.41) is 3.97. The summed E-state index contributed by atoms with van der Waals surface area (Å²) in [5.41, 5.74) is 7.57. The molecular weight excluding hydrogens is 332 g/mol. The Labute approximate surface area is 150 Å². The third kappa shape index (κ3) is 2.62. The summed E-state index contributed by atoms with van der Waals surface area (Å²) in [4.78, 5) is 13.2. The van der Waals surface area contributed by atoms with Crippen molar-refractivity contribution in [3.05, 3.63) is 87.8 Å². The highest BCUT2D eigenvalue weighted by molar-refractivity contribution is 6.35. The predicted molar refractivity (Wildman–Crippen MR) is 105 cm³/mol. The Morgan fingerprint density at radius 2 is 1.64 bits per heavy atom. The zero-order valence-electron chi connectivity index (χ0n) is 13.7. The van der Waals surface area contributed by atoms with Crippen molar-refractivity contribution in [1.29, 1.82) is 0 Å². The zero-order chi connectivity index (χ0) is 17.6. The second kappa shape index (κ2) is 6.03. The van der Waals surface area contributed by atoms with Crippen LogP contribution in [0.5, 0.6) is 0 Å². The molecule has 4 aromatic rings. The van der Waals surface area contributed by atoms with Crippen molar-refractivity contribution in [3.8, 4) is 5.69 Å². The lowest BCUT2D eigenvalue weighted by molar-refractivity contribution is 0.735. The number of nitrogens with zero attached hydrogens (tertiary/aromatic N) is 1. The molecule has 0 aliphatic heterocycles. The molecule has 25 heavy (non-hydrogen) atoms. The summed E-state index contributed by atoms with van der Waals surface area (Å²) in [6.07, 6.45) is 0. The lowest BCUT2D eigenvalue weighted by Crippen LogP contribution is -2.25. The van der Waals surface area contributed by atoms with Crippen molar-refractivity contribution in [2.45, 2.75) is 13.0 Å². The van der Waals surface area contributed by atoms with Crippen LogP contribution in [0.15, 0.2) is 71.5 Å². The molecule has 1 unspecified atom stereocenters. The Kier molecular flexibility index (Phi) is 3.83. The Balaban J connectivity index is 2.11. The molecule has 0 aliphatic rings. The summed E-state index contributed by atoms with van der Waals surface area (Å²) in [6, 6.07) is 21.1. The normalized spacial score (nSPS) is 12.6. The van der Waals surface area contributed by atoms with Crippen LogP contribution in [0.3, 0.4) is 0 Å². The SMILES string of the molecule is CC(N)c1cc2cccc(Cl)c2c(=O)n1-c1ccc2ccccc2c1. The first kappa shape index (κ1) is 15.9. The summed E-state index contributed by atoms with van der Waals surface area (Å²) in [7, 11) is 0. The Bertz CT molecular complexity index is 1160. The van der Waals surface area contributed by atoms with E-state index in [9.17, 15) is 4.79 Å².